The van der Waals surface area contributed by atoms with Crippen LogP contribution >= 0.6 is 0 Å². The fourth-order valence-corrected chi connectivity index (χ4v) is 1.87. The molecular weight excluding hydrogens is 197 g/mol. The fraction of sp³-hybridized carbons (Fsp3) is 0.455. The summed E-state index contributed by atoms with van der Waals surface area (Å²) in [6, 6.07) is 2.52. The Bertz CT molecular complexity index is 388. The molecule has 3 nitrogen and oxygen atoms in total. The van der Waals surface area contributed by atoms with Crippen molar-refractivity contribution in [2.45, 2.75) is 18.3 Å². The molecule has 0 bridgehead atoms. The van der Waals surface area contributed by atoms with E-state index in [-0.39, 0.29) is 16.9 Å². The molecule has 4 heteroatoms. The zero-order valence-corrected chi connectivity index (χ0v) is 8.59. The number of halogens is 1. The molecule has 0 aromatic heterocycles. The van der Waals surface area contributed by atoms with Gasteiger partial charge in [0.15, 0.2) is 11.5 Å². The first-order valence-corrected chi connectivity index (χ1v) is 4.90. The summed E-state index contributed by atoms with van der Waals surface area (Å²) in [7, 11) is 1.40. The standard InChI is InChI=1S/C11H14FNO2/c1-15-9-5-7(12)4-8(10(9)14)11(6-13)2-3-11/h4-5,14H,2-3,6,13H2,1H3. The molecule has 1 aromatic rings. The molecule has 1 saturated carbocycles. The highest BCUT2D eigenvalue weighted by Gasteiger charge is 2.45. The quantitative estimate of drug-likeness (QED) is 0.797. The Morgan fingerprint density at radius 2 is 2.20 bits per heavy atom. The third-order valence-electron chi connectivity index (χ3n) is 3.08. The van der Waals surface area contributed by atoms with Crippen LogP contribution in [0.2, 0.25) is 0 Å². The summed E-state index contributed by atoms with van der Waals surface area (Å²) in [5, 5.41) is 9.87. The largest absolute Gasteiger partial charge is 0.504 e. The predicted octanol–water partition coefficient (Wildman–Crippen LogP) is 1.53. The van der Waals surface area contributed by atoms with E-state index in [4.69, 9.17) is 10.5 Å². The molecule has 82 valence electrons. The van der Waals surface area contributed by atoms with Crippen molar-refractivity contribution in [3.05, 3.63) is 23.5 Å². The SMILES string of the molecule is COc1cc(F)cc(C2(CN)CC2)c1O. The van der Waals surface area contributed by atoms with Gasteiger partial charge in [-0.15, -0.1) is 0 Å². The third-order valence-corrected chi connectivity index (χ3v) is 3.08. The van der Waals surface area contributed by atoms with Crippen molar-refractivity contribution in [1.82, 2.24) is 0 Å². The maximum absolute atomic E-state index is 13.3. The van der Waals surface area contributed by atoms with E-state index in [0.29, 0.717) is 12.1 Å². The third kappa shape index (κ3) is 1.55. The van der Waals surface area contributed by atoms with Crippen LogP contribution in [0.15, 0.2) is 12.1 Å². The van der Waals surface area contributed by atoms with Crippen LogP contribution < -0.4 is 10.5 Å². The van der Waals surface area contributed by atoms with E-state index in [0.717, 1.165) is 12.8 Å². The van der Waals surface area contributed by atoms with Crippen LogP contribution in [0.25, 0.3) is 0 Å². The topological polar surface area (TPSA) is 55.5 Å². The van der Waals surface area contributed by atoms with Gasteiger partial charge < -0.3 is 15.6 Å². The Kier molecular flexibility index (Phi) is 2.31. The molecule has 0 amide bonds. The number of methoxy groups -OCH3 is 1. The Hall–Kier alpha value is -1.29. The van der Waals surface area contributed by atoms with Gasteiger partial charge in [-0.25, -0.2) is 4.39 Å². The molecule has 15 heavy (non-hydrogen) atoms. The Morgan fingerprint density at radius 3 is 2.67 bits per heavy atom. The van der Waals surface area contributed by atoms with Crippen molar-refractivity contribution in [2.24, 2.45) is 5.73 Å². The van der Waals surface area contributed by atoms with E-state index in [1.165, 1.54) is 19.2 Å². The van der Waals surface area contributed by atoms with Crippen LogP contribution in [0.4, 0.5) is 4.39 Å². The van der Waals surface area contributed by atoms with E-state index < -0.39 is 5.82 Å². The highest BCUT2D eigenvalue weighted by Crippen LogP contribution is 2.52. The molecule has 0 saturated heterocycles. The van der Waals surface area contributed by atoms with Gasteiger partial charge >= 0.3 is 0 Å². The van der Waals surface area contributed by atoms with Crippen LogP contribution in [-0.2, 0) is 5.41 Å². The maximum Gasteiger partial charge on any atom is 0.163 e. The van der Waals surface area contributed by atoms with E-state index in [1.54, 1.807) is 0 Å². The number of phenols is 1. The first-order valence-electron chi connectivity index (χ1n) is 4.90. The number of nitrogens with two attached hydrogens (primary N) is 1. The fourth-order valence-electron chi connectivity index (χ4n) is 1.87. The average Bonchev–Trinajstić information content (AvgIpc) is 3.01. The summed E-state index contributed by atoms with van der Waals surface area (Å²) < 4.78 is 18.2. The summed E-state index contributed by atoms with van der Waals surface area (Å²) in [4.78, 5) is 0. The van der Waals surface area contributed by atoms with Gasteiger partial charge in [-0.05, 0) is 18.9 Å². The number of phenolic OH excluding ortho intramolecular Hbond substituents is 1. The molecule has 0 atom stereocenters. The second kappa shape index (κ2) is 3.38. The maximum atomic E-state index is 13.3. The van der Waals surface area contributed by atoms with Crippen LogP contribution in [0.3, 0.4) is 0 Å². The number of rotatable bonds is 3. The first-order chi connectivity index (χ1) is 7.13. The molecular formula is C11H14FNO2. The van der Waals surface area contributed by atoms with Crippen molar-refractivity contribution < 1.29 is 14.2 Å². The molecule has 1 aliphatic rings. The van der Waals surface area contributed by atoms with Gasteiger partial charge in [0.05, 0.1) is 7.11 Å². The van der Waals surface area contributed by atoms with Crippen molar-refractivity contribution in [3.63, 3.8) is 0 Å². The molecule has 1 aromatic carbocycles. The number of hydrogen-bond donors (Lipinski definition) is 2. The van der Waals surface area contributed by atoms with E-state index >= 15 is 0 Å². The lowest BCUT2D eigenvalue weighted by molar-refractivity contribution is 0.364. The molecule has 3 N–H and O–H groups in total. The minimum atomic E-state index is -0.403. The van der Waals surface area contributed by atoms with Crippen LogP contribution in [-0.4, -0.2) is 18.8 Å². The summed E-state index contributed by atoms with van der Waals surface area (Å²) in [5.41, 5.74) is 5.97. The van der Waals surface area contributed by atoms with Crippen molar-refractivity contribution in [3.8, 4) is 11.5 Å². The Morgan fingerprint density at radius 1 is 1.53 bits per heavy atom. The Labute approximate surface area is 87.7 Å². The number of benzene rings is 1. The van der Waals surface area contributed by atoms with Gasteiger partial charge in [0.2, 0.25) is 0 Å². The van der Waals surface area contributed by atoms with Gasteiger partial charge in [-0.1, -0.05) is 0 Å². The molecule has 0 aliphatic heterocycles. The number of ether oxygens (including phenoxy) is 1. The summed E-state index contributed by atoms with van der Waals surface area (Å²) in [6.07, 6.45) is 1.79. The van der Waals surface area contributed by atoms with Gasteiger partial charge in [0, 0.05) is 23.6 Å². The molecule has 1 aliphatic carbocycles. The zero-order valence-electron chi connectivity index (χ0n) is 8.59. The van der Waals surface area contributed by atoms with Crippen LogP contribution in [0, 0.1) is 5.82 Å². The van der Waals surface area contributed by atoms with Crippen molar-refractivity contribution in [2.75, 3.05) is 13.7 Å². The number of hydrogen-bond acceptors (Lipinski definition) is 3. The lowest BCUT2D eigenvalue weighted by Crippen LogP contribution is -2.20. The molecule has 1 fully saturated rings. The van der Waals surface area contributed by atoms with E-state index in [2.05, 4.69) is 0 Å². The summed E-state index contributed by atoms with van der Waals surface area (Å²) in [5.74, 6) is -0.217. The monoisotopic (exact) mass is 211 g/mol. The van der Waals surface area contributed by atoms with Crippen molar-refractivity contribution in [1.29, 1.82) is 0 Å². The molecule has 0 unspecified atom stereocenters. The van der Waals surface area contributed by atoms with Crippen LogP contribution in [0.5, 0.6) is 11.5 Å². The van der Waals surface area contributed by atoms with Crippen LogP contribution in [0.1, 0.15) is 18.4 Å². The minimum absolute atomic E-state index is 0.0156. The first kappa shape index (κ1) is 10.2. The van der Waals surface area contributed by atoms with Crippen molar-refractivity contribution >= 4 is 0 Å². The number of aromatic hydroxyl groups is 1. The molecule has 0 spiro atoms. The average molecular weight is 211 g/mol. The normalized spacial score (nSPS) is 17.5. The van der Waals surface area contributed by atoms with E-state index in [9.17, 15) is 9.50 Å². The minimum Gasteiger partial charge on any atom is -0.504 e. The lowest BCUT2D eigenvalue weighted by Gasteiger charge is -2.16. The summed E-state index contributed by atoms with van der Waals surface area (Å²) in [6.45, 7) is 0.424. The van der Waals surface area contributed by atoms with Gasteiger partial charge in [-0.2, -0.15) is 0 Å². The summed E-state index contributed by atoms with van der Waals surface area (Å²) >= 11 is 0. The van der Waals surface area contributed by atoms with E-state index in [1.807, 2.05) is 0 Å². The smallest absolute Gasteiger partial charge is 0.163 e. The zero-order chi connectivity index (χ0) is 11.1. The molecule has 0 radical (unpaired) electrons. The van der Waals surface area contributed by atoms with Gasteiger partial charge in [0.25, 0.3) is 0 Å². The highest BCUT2D eigenvalue weighted by molar-refractivity contribution is 5.51. The van der Waals surface area contributed by atoms with Gasteiger partial charge in [-0.3, -0.25) is 0 Å². The van der Waals surface area contributed by atoms with Gasteiger partial charge in [0.1, 0.15) is 5.82 Å². The molecule has 0 heterocycles. The Balaban J connectivity index is 2.51. The highest BCUT2D eigenvalue weighted by atomic mass is 19.1. The lowest BCUT2D eigenvalue weighted by atomic mass is 9.94. The predicted molar refractivity (Wildman–Crippen MR) is 54.6 cm³/mol. The molecule has 2 rings (SSSR count). The second-order valence-corrected chi connectivity index (χ2v) is 3.99. The second-order valence-electron chi connectivity index (χ2n) is 3.99.